The second kappa shape index (κ2) is 10.6. The lowest BCUT2D eigenvalue weighted by molar-refractivity contribution is 0.354. The van der Waals surface area contributed by atoms with E-state index in [0.29, 0.717) is 22.2 Å². The number of halogens is 2. The molecule has 1 unspecified atom stereocenters. The maximum absolute atomic E-state index is 12.4. The second-order valence-corrected chi connectivity index (χ2v) is 9.69. The zero-order valence-electron chi connectivity index (χ0n) is 18.1. The molecule has 0 radical (unpaired) electrons. The lowest BCUT2D eigenvalue weighted by Gasteiger charge is -2.30. The van der Waals surface area contributed by atoms with Crippen LogP contribution in [0, 0.1) is 0 Å². The Bertz CT molecular complexity index is 1010. The maximum Gasteiger partial charge on any atom is 0.179 e. The molecule has 0 saturated carbocycles. The maximum atomic E-state index is 12.4. The average Bonchev–Trinajstić information content (AvgIpc) is 2.72. The molecule has 1 atom stereocenters. The van der Waals surface area contributed by atoms with Crippen molar-refractivity contribution in [1.82, 2.24) is 5.32 Å². The van der Waals surface area contributed by atoms with E-state index >= 15 is 0 Å². The molecular weight excluding hydrogens is 461 g/mol. The predicted molar refractivity (Wildman–Crippen MR) is 128 cm³/mol. The van der Waals surface area contributed by atoms with E-state index in [1.807, 2.05) is 25.1 Å². The van der Waals surface area contributed by atoms with Gasteiger partial charge in [-0.25, -0.2) is 8.42 Å². The van der Waals surface area contributed by atoms with E-state index in [4.69, 9.17) is 21.1 Å². The highest BCUT2D eigenvalue weighted by Crippen LogP contribution is 2.39. The van der Waals surface area contributed by atoms with E-state index in [2.05, 4.69) is 15.5 Å². The van der Waals surface area contributed by atoms with Crippen LogP contribution in [0.1, 0.15) is 18.5 Å². The average molecular weight is 490 g/mol. The van der Waals surface area contributed by atoms with Crippen LogP contribution in [0.3, 0.4) is 0 Å². The van der Waals surface area contributed by atoms with Crippen molar-refractivity contribution < 1.29 is 17.9 Å². The zero-order valence-corrected chi connectivity index (χ0v) is 20.5. The lowest BCUT2D eigenvalue weighted by Crippen LogP contribution is -2.43. The molecule has 0 amide bonds. The van der Waals surface area contributed by atoms with Crippen LogP contribution in [0.25, 0.3) is 0 Å². The number of methoxy groups -OCH3 is 2. The van der Waals surface area contributed by atoms with Crippen molar-refractivity contribution in [2.75, 3.05) is 56.9 Å². The van der Waals surface area contributed by atoms with Crippen molar-refractivity contribution in [3.8, 4) is 11.5 Å². The van der Waals surface area contributed by atoms with Gasteiger partial charge in [-0.2, -0.15) is 0 Å². The Hall–Kier alpha value is -1.87. The Morgan fingerprint density at radius 3 is 2.39 bits per heavy atom. The number of piperazine rings is 1. The fourth-order valence-corrected chi connectivity index (χ4v) is 4.71. The SMILES string of the molecule is COc1cc(C(C)Nc2cc(N3CCNCC3)ccc2S(C)(=O)=O)cc(Cl)c1OC.Cl. The summed E-state index contributed by atoms with van der Waals surface area (Å²) in [7, 11) is -0.321. The number of anilines is 2. The molecule has 2 aromatic rings. The van der Waals surface area contributed by atoms with E-state index in [1.165, 1.54) is 13.4 Å². The summed E-state index contributed by atoms with van der Waals surface area (Å²) in [5.41, 5.74) is 2.40. The van der Waals surface area contributed by atoms with Crippen LogP contribution in [-0.4, -0.2) is 55.1 Å². The minimum atomic E-state index is -3.40. The second-order valence-electron chi connectivity index (χ2n) is 7.29. The van der Waals surface area contributed by atoms with Gasteiger partial charge in [0.2, 0.25) is 0 Å². The van der Waals surface area contributed by atoms with Gasteiger partial charge in [0.05, 0.1) is 29.8 Å². The molecular formula is C21H29Cl2N3O4S. The molecule has 1 saturated heterocycles. The molecule has 0 aromatic heterocycles. The third-order valence-electron chi connectivity index (χ3n) is 5.17. The van der Waals surface area contributed by atoms with E-state index < -0.39 is 9.84 Å². The Kier molecular flexibility index (Phi) is 8.71. The molecule has 2 N–H and O–H groups in total. The molecule has 7 nitrogen and oxygen atoms in total. The molecule has 0 spiro atoms. The highest BCUT2D eigenvalue weighted by molar-refractivity contribution is 7.90. The zero-order chi connectivity index (χ0) is 21.9. The quantitative estimate of drug-likeness (QED) is 0.612. The summed E-state index contributed by atoms with van der Waals surface area (Å²) in [6, 6.07) is 8.85. The van der Waals surface area contributed by atoms with Crippen molar-refractivity contribution in [3.63, 3.8) is 0 Å². The highest BCUT2D eigenvalue weighted by atomic mass is 35.5. The first-order valence-corrected chi connectivity index (χ1v) is 12.0. The number of nitrogens with one attached hydrogen (secondary N) is 2. The first-order chi connectivity index (χ1) is 14.2. The molecule has 1 heterocycles. The van der Waals surface area contributed by atoms with Crippen molar-refractivity contribution in [2.24, 2.45) is 0 Å². The summed E-state index contributed by atoms with van der Waals surface area (Å²) in [5.74, 6) is 0.985. The smallest absolute Gasteiger partial charge is 0.179 e. The molecule has 3 rings (SSSR count). The van der Waals surface area contributed by atoms with Crippen LogP contribution < -0.4 is 25.0 Å². The Morgan fingerprint density at radius 2 is 1.81 bits per heavy atom. The summed E-state index contributed by atoms with van der Waals surface area (Å²) in [6.07, 6.45) is 1.22. The van der Waals surface area contributed by atoms with Crippen molar-refractivity contribution in [2.45, 2.75) is 17.9 Å². The first-order valence-electron chi connectivity index (χ1n) is 9.72. The van der Waals surface area contributed by atoms with Crippen LogP contribution in [0.4, 0.5) is 11.4 Å². The summed E-state index contributed by atoms with van der Waals surface area (Å²) < 4.78 is 35.4. The molecule has 1 fully saturated rings. The third kappa shape index (κ3) is 5.88. The van der Waals surface area contributed by atoms with E-state index in [1.54, 1.807) is 19.2 Å². The van der Waals surface area contributed by atoms with E-state index in [-0.39, 0.29) is 23.3 Å². The van der Waals surface area contributed by atoms with Gasteiger partial charge in [-0.05, 0) is 42.8 Å². The first kappa shape index (κ1) is 25.4. The number of benzene rings is 2. The van der Waals surface area contributed by atoms with E-state index in [9.17, 15) is 8.42 Å². The van der Waals surface area contributed by atoms with Crippen LogP contribution >= 0.6 is 24.0 Å². The van der Waals surface area contributed by atoms with Crippen LogP contribution in [0.2, 0.25) is 5.02 Å². The van der Waals surface area contributed by atoms with Crippen LogP contribution in [0.5, 0.6) is 11.5 Å². The molecule has 31 heavy (non-hydrogen) atoms. The molecule has 2 aromatic carbocycles. The van der Waals surface area contributed by atoms with Gasteiger partial charge in [-0.3, -0.25) is 0 Å². The standard InChI is InChI=1S/C21H28ClN3O4S.ClH/c1-14(15-11-17(22)21(29-3)19(12-15)28-2)24-18-13-16(25-9-7-23-8-10-25)5-6-20(18)30(4,26)27;/h5-6,11-14,23-24H,7-10H2,1-4H3;1H. The van der Waals surface area contributed by atoms with Crippen molar-refractivity contribution >= 4 is 45.2 Å². The summed E-state index contributed by atoms with van der Waals surface area (Å²) in [6.45, 7) is 5.49. The molecule has 1 aliphatic rings. The highest BCUT2D eigenvalue weighted by Gasteiger charge is 2.20. The fourth-order valence-electron chi connectivity index (χ4n) is 3.58. The molecule has 172 valence electrons. The van der Waals surface area contributed by atoms with Gasteiger partial charge >= 0.3 is 0 Å². The number of rotatable bonds is 7. The minimum Gasteiger partial charge on any atom is -0.493 e. The Labute approximate surface area is 195 Å². The van der Waals surface area contributed by atoms with Crippen molar-refractivity contribution in [1.29, 1.82) is 0 Å². The fraction of sp³-hybridized carbons (Fsp3) is 0.429. The monoisotopic (exact) mass is 489 g/mol. The van der Waals surface area contributed by atoms with Gasteiger partial charge in [0.1, 0.15) is 0 Å². The number of sulfone groups is 1. The van der Waals surface area contributed by atoms with E-state index in [0.717, 1.165) is 37.4 Å². The normalized spacial score (nSPS) is 15.1. The topological polar surface area (TPSA) is 79.9 Å². The predicted octanol–water partition coefficient (Wildman–Crippen LogP) is 3.77. The third-order valence-corrected chi connectivity index (χ3v) is 6.61. The molecule has 0 bridgehead atoms. The largest absolute Gasteiger partial charge is 0.493 e. The van der Waals surface area contributed by atoms with Gasteiger partial charge in [0.25, 0.3) is 0 Å². The van der Waals surface area contributed by atoms with Gasteiger partial charge in [0, 0.05) is 44.2 Å². The minimum absolute atomic E-state index is 0. The molecule has 1 aliphatic heterocycles. The van der Waals surface area contributed by atoms with Gasteiger partial charge < -0.3 is 25.0 Å². The van der Waals surface area contributed by atoms with Crippen LogP contribution in [-0.2, 0) is 9.84 Å². The molecule has 0 aliphatic carbocycles. The summed E-state index contributed by atoms with van der Waals surface area (Å²) in [5, 5.41) is 7.11. The van der Waals surface area contributed by atoms with Gasteiger partial charge in [-0.1, -0.05) is 11.6 Å². The Morgan fingerprint density at radius 1 is 1.13 bits per heavy atom. The van der Waals surface area contributed by atoms with Crippen molar-refractivity contribution in [3.05, 3.63) is 40.9 Å². The Balaban J connectivity index is 0.00000341. The number of nitrogens with zero attached hydrogens (tertiary/aromatic N) is 1. The number of ether oxygens (including phenoxy) is 2. The van der Waals surface area contributed by atoms with Gasteiger partial charge in [0.15, 0.2) is 21.3 Å². The number of hydrogen-bond donors (Lipinski definition) is 2. The lowest BCUT2D eigenvalue weighted by atomic mass is 10.1. The summed E-state index contributed by atoms with van der Waals surface area (Å²) >= 11 is 6.35. The number of hydrogen-bond acceptors (Lipinski definition) is 7. The summed E-state index contributed by atoms with van der Waals surface area (Å²) in [4.78, 5) is 2.51. The van der Waals surface area contributed by atoms with Crippen LogP contribution in [0.15, 0.2) is 35.2 Å². The van der Waals surface area contributed by atoms with Gasteiger partial charge in [-0.15, -0.1) is 12.4 Å². The molecule has 10 heteroatoms.